The number of aromatic nitrogens is 3. The van der Waals surface area contributed by atoms with Crippen molar-refractivity contribution in [3.63, 3.8) is 0 Å². The Morgan fingerprint density at radius 1 is 1.38 bits per heavy atom. The minimum atomic E-state index is -0.282. The van der Waals surface area contributed by atoms with E-state index in [1.165, 1.54) is 11.3 Å². The zero-order chi connectivity index (χ0) is 16.7. The molecule has 0 fully saturated rings. The molecular formula is C16H15N5O2S. The van der Waals surface area contributed by atoms with Crippen LogP contribution in [0.4, 0.5) is 5.13 Å². The molecule has 24 heavy (non-hydrogen) atoms. The lowest BCUT2D eigenvalue weighted by Crippen LogP contribution is -2.21. The summed E-state index contributed by atoms with van der Waals surface area (Å²) in [5.41, 5.74) is 2.59. The van der Waals surface area contributed by atoms with Gasteiger partial charge in [-0.15, -0.1) is 0 Å². The number of pyridine rings is 1. The third-order valence-corrected chi connectivity index (χ3v) is 4.93. The van der Waals surface area contributed by atoms with Gasteiger partial charge >= 0.3 is 0 Å². The highest BCUT2D eigenvalue weighted by Gasteiger charge is 2.23. The van der Waals surface area contributed by atoms with Crippen molar-refractivity contribution in [2.75, 3.05) is 11.9 Å². The number of imidazole rings is 1. The quantitative estimate of drug-likeness (QED) is 0.746. The van der Waals surface area contributed by atoms with Gasteiger partial charge in [-0.3, -0.25) is 19.3 Å². The number of carbonyl (C=O) groups excluding carboxylic acids is 2. The molecule has 0 unspecified atom stereocenters. The summed E-state index contributed by atoms with van der Waals surface area (Å²) in [4.78, 5) is 34.0. The SMILES string of the molecule is Cc1nc2ccccn2c1C(=O)Nc1nc2c(s1)C(=O)NCCC2. The molecule has 3 aromatic rings. The van der Waals surface area contributed by atoms with Gasteiger partial charge in [-0.25, -0.2) is 9.97 Å². The van der Waals surface area contributed by atoms with Crippen LogP contribution in [0.1, 0.15) is 38.0 Å². The molecule has 8 heteroatoms. The fourth-order valence-electron chi connectivity index (χ4n) is 2.83. The lowest BCUT2D eigenvalue weighted by Gasteiger charge is -2.03. The van der Waals surface area contributed by atoms with Gasteiger partial charge in [0, 0.05) is 12.7 Å². The highest BCUT2D eigenvalue weighted by atomic mass is 32.1. The molecule has 0 saturated heterocycles. The Labute approximate surface area is 141 Å². The Morgan fingerprint density at radius 3 is 3.12 bits per heavy atom. The second kappa shape index (κ2) is 5.72. The van der Waals surface area contributed by atoms with Gasteiger partial charge in [0.2, 0.25) is 0 Å². The van der Waals surface area contributed by atoms with Crippen LogP contribution in [0.25, 0.3) is 5.65 Å². The van der Waals surface area contributed by atoms with Crippen LogP contribution in [0.15, 0.2) is 24.4 Å². The summed E-state index contributed by atoms with van der Waals surface area (Å²) in [6.45, 7) is 2.46. The second-order valence-corrected chi connectivity index (χ2v) is 6.58. The normalized spacial score (nSPS) is 14.1. The van der Waals surface area contributed by atoms with E-state index in [0.29, 0.717) is 27.9 Å². The summed E-state index contributed by atoms with van der Waals surface area (Å²) in [6.07, 6.45) is 3.38. The zero-order valence-electron chi connectivity index (χ0n) is 13.0. The van der Waals surface area contributed by atoms with Crippen LogP contribution in [0.3, 0.4) is 0 Å². The van der Waals surface area contributed by atoms with Crippen LogP contribution >= 0.6 is 11.3 Å². The van der Waals surface area contributed by atoms with Crippen molar-refractivity contribution in [1.29, 1.82) is 0 Å². The van der Waals surface area contributed by atoms with E-state index in [1.54, 1.807) is 17.5 Å². The fourth-order valence-corrected chi connectivity index (χ4v) is 3.76. The molecule has 4 heterocycles. The summed E-state index contributed by atoms with van der Waals surface area (Å²) >= 11 is 1.21. The number of thiazole rings is 1. The Kier molecular flexibility index (Phi) is 3.53. The first-order valence-electron chi connectivity index (χ1n) is 7.66. The highest BCUT2D eigenvalue weighted by molar-refractivity contribution is 7.17. The predicted octanol–water partition coefficient (Wildman–Crippen LogP) is 2.03. The molecule has 0 bridgehead atoms. The van der Waals surface area contributed by atoms with Crippen LogP contribution in [-0.2, 0) is 6.42 Å². The number of nitrogens with zero attached hydrogens (tertiary/aromatic N) is 3. The monoisotopic (exact) mass is 341 g/mol. The Bertz CT molecular complexity index is 959. The van der Waals surface area contributed by atoms with Gasteiger partial charge < -0.3 is 5.32 Å². The summed E-state index contributed by atoms with van der Waals surface area (Å²) in [5.74, 6) is -0.401. The van der Waals surface area contributed by atoms with Crippen molar-refractivity contribution in [3.8, 4) is 0 Å². The van der Waals surface area contributed by atoms with Crippen LogP contribution in [0.5, 0.6) is 0 Å². The largest absolute Gasteiger partial charge is 0.351 e. The van der Waals surface area contributed by atoms with Crippen molar-refractivity contribution in [1.82, 2.24) is 19.7 Å². The molecule has 4 rings (SSSR count). The second-order valence-electron chi connectivity index (χ2n) is 5.58. The lowest BCUT2D eigenvalue weighted by atomic mass is 10.2. The average Bonchev–Trinajstić information content (AvgIpc) is 3.06. The molecule has 1 aliphatic heterocycles. The number of hydrogen-bond acceptors (Lipinski definition) is 5. The molecule has 3 aromatic heterocycles. The third-order valence-electron chi connectivity index (χ3n) is 3.92. The van der Waals surface area contributed by atoms with E-state index in [0.717, 1.165) is 24.2 Å². The van der Waals surface area contributed by atoms with E-state index in [2.05, 4.69) is 20.6 Å². The first kappa shape index (κ1) is 14.8. The molecule has 0 spiro atoms. The average molecular weight is 341 g/mol. The van der Waals surface area contributed by atoms with E-state index < -0.39 is 0 Å². The summed E-state index contributed by atoms with van der Waals surface area (Å²) in [6, 6.07) is 5.57. The van der Waals surface area contributed by atoms with Crippen molar-refractivity contribution >= 4 is 33.9 Å². The summed E-state index contributed by atoms with van der Waals surface area (Å²) in [7, 11) is 0. The molecule has 0 atom stereocenters. The van der Waals surface area contributed by atoms with E-state index in [1.807, 2.05) is 18.2 Å². The van der Waals surface area contributed by atoms with Crippen LogP contribution in [0.2, 0.25) is 0 Å². The van der Waals surface area contributed by atoms with Gasteiger partial charge in [-0.05, 0) is 31.9 Å². The molecule has 7 nitrogen and oxygen atoms in total. The van der Waals surface area contributed by atoms with E-state index in [-0.39, 0.29) is 11.8 Å². The van der Waals surface area contributed by atoms with Crippen molar-refractivity contribution in [2.45, 2.75) is 19.8 Å². The fraction of sp³-hybridized carbons (Fsp3) is 0.250. The molecule has 0 radical (unpaired) electrons. The van der Waals surface area contributed by atoms with Gasteiger partial charge in [-0.1, -0.05) is 17.4 Å². The number of nitrogens with one attached hydrogen (secondary N) is 2. The smallest absolute Gasteiger partial charge is 0.276 e. The van der Waals surface area contributed by atoms with E-state index in [9.17, 15) is 9.59 Å². The standard InChI is InChI=1S/C16H15N5O2S/c1-9-12(21-8-3-2-6-11(21)18-9)14(22)20-16-19-10-5-4-7-17-15(23)13(10)24-16/h2-3,6,8H,4-5,7H2,1H3,(H,17,23)(H,19,20,22). The highest BCUT2D eigenvalue weighted by Crippen LogP contribution is 2.26. The zero-order valence-corrected chi connectivity index (χ0v) is 13.8. The molecule has 0 aliphatic carbocycles. The number of carbonyl (C=O) groups is 2. The Morgan fingerprint density at radius 2 is 2.25 bits per heavy atom. The number of rotatable bonds is 2. The maximum Gasteiger partial charge on any atom is 0.276 e. The molecule has 0 aromatic carbocycles. The third kappa shape index (κ3) is 2.44. The molecule has 2 N–H and O–H groups in total. The van der Waals surface area contributed by atoms with Crippen LogP contribution < -0.4 is 10.6 Å². The number of hydrogen-bond donors (Lipinski definition) is 2. The number of anilines is 1. The maximum absolute atomic E-state index is 12.7. The lowest BCUT2D eigenvalue weighted by molar-refractivity contribution is 0.0958. The predicted molar refractivity (Wildman–Crippen MR) is 90.7 cm³/mol. The number of aryl methyl sites for hydroxylation is 2. The van der Waals surface area contributed by atoms with E-state index in [4.69, 9.17) is 0 Å². The topological polar surface area (TPSA) is 88.4 Å². The van der Waals surface area contributed by atoms with Gasteiger partial charge in [-0.2, -0.15) is 0 Å². The van der Waals surface area contributed by atoms with Gasteiger partial charge in [0.1, 0.15) is 16.2 Å². The van der Waals surface area contributed by atoms with Gasteiger partial charge in [0.05, 0.1) is 11.4 Å². The molecule has 2 amide bonds. The first-order valence-corrected chi connectivity index (χ1v) is 8.48. The maximum atomic E-state index is 12.7. The number of amides is 2. The van der Waals surface area contributed by atoms with Crippen LogP contribution in [0, 0.1) is 6.92 Å². The molecule has 0 saturated carbocycles. The summed E-state index contributed by atoms with van der Waals surface area (Å²) in [5, 5.41) is 6.07. The van der Waals surface area contributed by atoms with Crippen molar-refractivity contribution in [2.24, 2.45) is 0 Å². The summed E-state index contributed by atoms with van der Waals surface area (Å²) < 4.78 is 1.75. The van der Waals surface area contributed by atoms with Gasteiger partial charge in [0.15, 0.2) is 5.13 Å². The molecular weight excluding hydrogens is 326 g/mol. The van der Waals surface area contributed by atoms with E-state index >= 15 is 0 Å². The molecule has 122 valence electrons. The number of fused-ring (bicyclic) bond motifs is 2. The minimum Gasteiger partial charge on any atom is -0.351 e. The van der Waals surface area contributed by atoms with Crippen molar-refractivity contribution in [3.05, 3.63) is 46.4 Å². The van der Waals surface area contributed by atoms with Crippen molar-refractivity contribution < 1.29 is 9.59 Å². The Hall–Kier alpha value is -2.74. The minimum absolute atomic E-state index is 0.119. The molecule has 1 aliphatic rings. The van der Waals surface area contributed by atoms with Gasteiger partial charge in [0.25, 0.3) is 11.8 Å². The Balaban J connectivity index is 1.66. The first-order chi connectivity index (χ1) is 11.6. The van der Waals surface area contributed by atoms with Crippen LogP contribution in [-0.4, -0.2) is 32.7 Å².